The summed E-state index contributed by atoms with van der Waals surface area (Å²) in [6, 6.07) is 0. The van der Waals surface area contributed by atoms with Crippen molar-refractivity contribution in [2.24, 2.45) is 5.92 Å². The van der Waals surface area contributed by atoms with Gasteiger partial charge in [-0.2, -0.15) is 8.42 Å². The first-order valence-corrected chi connectivity index (χ1v) is 6.97. The third-order valence-electron chi connectivity index (χ3n) is 2.14. The maximum Gasteiger partial charge on any atom is 1.00 e. The number of rotatable bonds is 8. The van der Waals surface area contributed by atoms with E-state index in [0.29, 0.717) is 12.3 Å². The van der Waals surface area contributed by atoms with E-state index in [1.54, 1.807) is 0 Å². The number of carboxylic acid groups (broad SMARTS) is 1. The minimum absolute atomic E-state index is 0. The molecular formula is C10H17NaO7S. The molecule has 0 saturated heterocycles. The number of aliphatic carboxylic acids is 1. The monoisotopic (exact) mass is 304 g/mol. The summed E-state index contributed by atoms with van der Waals surface area (Å²) in [5, 5.41) is 8.16. The molecule has 0 aliphatic carbocycles. The standard InChI is InChI=1S/C10H18O7S.Na/c1-7(2)4-3-5-17-10(13)8(6-9(11)12)18(14,15)16;/h7-8H,3-6H2,1-2H3,(H,11,12)(H,14,15,16);/q;+1/p-1. The molecule has 7 nitrogen and oxygen atoms in total. The maximum atomic E-state index is 11.3. The van der Waals surface area contributed by atoms with Crippen LogP contribution in [0.25, 0.3) is 0 Å². The first kappa shape index (κ1) is 21.2. The molecule has 0 fully saturated rings. The molecule has 0 aromatic heterocycles. The van der Waals surface area contributed by atoms with Gasteiger partial charge in [0.1, 0.15) is 0 Å². The van der Waals surface area contributed by atoms with Gasteiger partial charge in [0.25, 0.3) is 10.1 Å². The van der Waals surface area contributed by atoms with Crippen molar-refractivity contribution in [3.63, 3.8) is 0 Å². The second-order valence-corrected chi connectivity index (χ2v) is 5.88. The Balaban J connectivity index is 0. The third-order valence-corrected chi connectivity index (χ3v) is 3.22. The van der Waals surface area contributed by atoms with E-state index in [2.05, 4.69) is 4.74 Å². The number of carboxylic acids is 1. The van der Waals surface area contributed by atoms with Crippen LogP contribution in [0.2, 0.25) is 0 Å². The van der Waals surface area contributed by atoms with Crippen LogP contribution in [0, 0.1) is 5.92 Å². The van der Waals surface area contributed by atoms with Gasteiger partial charge in [-0.05, 0) is 18.8 Å². The van der Waals surface area contributed by atoms with Crippen molar-refractivity contribution < 1.29 is 62.0 Å². The van der Waals surface area contributed by atoms with Crippen molar-refractivity contribution >= 4 is 22.1 Å². The number of carbonyl (C=O) groups is 2. The Morgan fingerprint density at radius 2 is 1.84 bits per heavy atom. The van der Waals surface area contributed by atoms with Crippen molar-refractivity contribution in [1.29, 1.82) is 0 Å². The predicted molar refractivity (Wildman–Crippen MR) is 60.0 cm³/mol. The number of ether oxygens (including phenoxy) is 1. The van der Waals surface area contributed by atoms with Gasteiger partial charge in [-0.1, -0.05) is 13.8 Å². The molecule has 1 N–H and O–H groups in total. The van der Waals surface area contributed by atoms with Crippen LogP contribution < -0.4 is 34.7 Å². The number of hydrogen-bond acceptors (Lipinski definition) is 6. The average Bonchev–Trinajstić information content (AvgIpc) is 2.18. The molecule has 0 aromatic carbocycles. The van der Waals surface area contributed by atoms with Crippen molar-refractivity contribution in [3.05, 3.63) is 0 Å². The Morgan fingerprint density at radius 3 is 2.21 bits per heavy atom. The quantitative estimate of drug-likeness (QED) is 0.212. The van der Waals surface area contributed by atoms with E-state index in [9.17, 15) is 23.1 Å². The van der Waals surface area contributed by atoms with E-state index in [1.165, 1.54) is 0 Å². The van der Waals surface area contributed by atoms with Crippen molar-refractivity contribution in [1.82, 2.24) is 0 Å². The summed E-state index contributed by atoms with van der Waals surface area (Å²) in [6.07, 6.45) is 0.194. The van der Waals surface area contributed by atoms with Crippen LogP contribution >= 0.6 is 0 Å². The molecule has 0 heterocycles. The summed E-state index contributed by atoms with van der Waals surface area (Å²) in [4.78, 5) is 21.6. The third kappa shape index (κ3) is 10.3. The number of hydrogen-bond donors (Lipinski definition) is 1. The van der Waals surface area contributed by atoms with Crippen LogP contribution in [0.1, 0.15) is 33.1 Å². The Labute approximate surface area is 134 Å². The van der Waals surface area contributed by atoms with Gasteiger partial charge < -0.3 is 14.6 Å². The number of esters is 1. The first-order chi connectivity index (χ1) is 8.14. The fourth-order valence-electron chi connectivity index (χ4n) is 1.22. The van der Waals surface area contributed by atoms with Gasteiger partial charge in [0.2, 0.25) is 0 Å². The van der Waals surface area contributed by atoms with Gasteiger partial charge in [-0.25, -0.2) is 0 Å². The summed E-state index contributed by atoms with van der Waals surface area (Å²) in [5.41, 5.74) is 0. The van der Waals surface area contributed by atoms with Crippen LogP contribution in [0.3, 0.4) is 0 Å². The molecule has 0 radical (unpaired) electrons. The van der Waals surface area contributed by atoms with Crippen molar-refractivity contribution in [2.45, 2.75) is 38.4 Å². The Kier molecular flexibility index (Phi) is 10.8. The predicted octanol–water partition coefficient (Wildman–Crippen LogP) is -3.63. The zero-order valence-corrected chi connectivity index (χ0v) is 14.1. The molecule has 9 heteroatoms. The average molecular weight is 304 g/mol. The van der Waals surface area contributed by atoms with E-state index >= 15 is 0 Å². The smallest absolute Gasteiger partial charge is 0.550 e. The minimum atomic E-state index is -4.81. The fourth-order valence-corrected chi connectivity index (χ4v) is 1.88. The molecule has 0 spiro atoms. The first-order valence-electron chi connectivity index (χ1n) is 5.47. The summed E-state index contributed by atoms with van der Waals surface area (Å²) in [5.74, 6) is -2.62. The molecule has 0 aromatic rings. The Bertz CT molecular complexity index is 391. The molecule has 0 rings (SSSR count). The van der Waals surface area contributed by atoms with Crippen LogP contribution in [-0.2, 0) is 24.4 Å². The molecular weight excluding hydrogens is 287 g/mol. The second-order valence-electron chi connectivity index (χ2n) is 4.28. The summed E-state index contributed by atoms with van der Waals surface area (Å²) in [7, 11) is -4.81. The zero-order valence-electron chi connectivity index (χ0n) is 11.3. The molecule has 0 aliphatic heterocycles. The minimum Gasteiger partial charge on any atom is -0.550 e. The fraction of sp³-hybridized carbons (Fsp3) is 0.800. The Hall–Kier alpha value is -0.150. The Morgan fingerprint density at radius 1 is 1.32 bits per heavy atom. The summed E-state index contributed by atoms with van der Waals surface area (Å²) in [6.45, 7) is 3.92. The van der Waals surface area contributed by atoms with Gasteiger partial charge in [0.05, 0.1) is 6.61 Å². The molecule has 0 aliphatic rings. The molecule has 19 heavy (non-hydrogen) atoms. The molecule has 0 saturated carbocycles. The van der Waals surface area contributed by atoms with Crippen LogP contribution in [0.15, 0.2) is 0 Å². The van der Waals surface area contributed by atoms with E-state index in [0.717, 1.165) is 6.42 Å². The van der Waals surface area contributed by atoms with E-state index in [-0.39, 0.29) is 36.2 Å². The largest absolute Gasteiger partial charge is 1.00 e. The zero-order chi connectivity index (χ0) is 14.3. The van der Waals surface area contributed by atoms with Crippen LogP contribution in [0.4, 0.5) is 0 Å². The van der Waals surface area contributed by atoms with Gasteiger partial charge in [-0.3, -0.25) is 9.35 Å². The van der Waals surface area contributed by atoms with Gasteiger partial charge in [-0.15, -0.1) is 0 Å². The maximum absolute atomic E-state index is 11.3. The van der Waals surface area contributed by atoms with Crippen LogP contribution in [-0.4, -0.2) is 36.8 Å². The van der Waals surface area contributed by atoms with E-state index < -0.39 is 33.7 Å². The molecule has 106 valence electrons. The van der Waals surface area contributed by atoms with E-state index in [1.807, 2.05) is 13.8 Å². The SMILES string of the molecule is CC(C)CCCOC(=O)C(CC(=O)[O-])S(=O)(=O)O.[Na+]. The second kappa shape index (κ2) is 9.71. The van der Waals surface area contributed by atoms with Crippen molar-refractivity contribution in [3.8, 4) is 0 Å². The summed E-state index contributed by atoms with van der Waals surface area (Å²) >= 11 is 0. The van der Waals surface area contributed by atoms with Gasteiger partial charge in [0, 0.05) is 12.4 Å². The van der Waals surface area contributed by atoms with E-state index in [4.69, 9.17) is 4.55 Å². The van der Waals surface area contributed by atoms with Gasteiger partial charge in [0.15, 0.2) is 5.25 Å². The molecule has 0 bridgehead atoms. The van der Waals surface area contributed by atoms with Crippen molar-refractivity contribution in [2.75, 3.05) is 6.61 Å². The normalized spacial score (nSPS) is 12.6. The number of carbonyl (C=O) groups excluding carboxylic acids is 2. The van der Waals surface area contributed by atoms with Gasteiger partial charge >= 0.3 is 35.5 Å². The molecule has 0 amide bonds. The topological polar surface area (TPSA) is 121 Å². The molecule has 1 atom stereocenters. The van der Waals surface area contributed by atoms with Crippen LogP contribution in [0.5, 0.6) is 0 Å². The molecule has 1 unspecified atom stereocenters. The summed E-state index contributed by atoms with van der Waals surface area (Å²) < 4.78 is 35.0.